The van der Waals surface area contributed by atoms with Crippen LogP contribution in [0.1, 0.15) is 11.4 Å². The highest BCUT2D eigenvalue weighted by atomic mass is 15.3. The van der Waals surface area contributed by atoms with Crippen molar-refractivity contribution in [3.8, 4) is 0 Å². The lowest BCUT2D eigenvalue weighted by Gasteiger charge is -2.15. The molecule has 0 spiro atoms. The van der Waals surface area contributed by atoms with Crippen LogP contribution >= 0.6 is 0 Å². The molecule has 0 radical (unpaired) electrons. The number of nitrogens with zero attached hydrogens (tertiary/aromatic N) is 7. The van der Waals surface area contributed by atoms with Crippen LogP contribution in [-0.4, -0.2) is 49.8 Å². The highest BCUT2D eigenvalue weighted by molar-refractivity contribution is 5.76. The van der Waals surface area contributed by atoms with Crippen LogP contribution < -0.4 is 0 Å². The summed E-state index contributed by atoms with van der Waals surface area (Å²) in [5.74, 6) is 0. The molecule has 7 nitrogen and oxygen atoms in total. The average molecular weight is 229 g/mol. The Kier molecular flexibility index (Phi) is 3.29. The van der Waals surface area contributed by atoms with Crippen molar-refractivity contribution in [2.45, 2.75) is 0 Å². The molecule has 2 aromatic rings. The van der Waals surface area contributed by atoms with Crippen molar-refractivity contribution in [3.05, 3.63) is 35.9 Å². The predicted molar refractivity (Wildman–Crippen MR) is 61.2 cm³/mol. The summed E-state index contributed by atoms with van der Waals surface area (Å²) < 4.78 is 0. The van der Waals surface area contributed by atoms with Gasteiger partial charge in [0.1, 0.15) is 5.69 Å². The minimum absolute atomic E-state index is 0.710. The van der Waals surface area contributed by atoms with E-state index in [1.54, 1.807) is 24.5 Å². The van der Waals surface area contributed by atoms with E-state index in [2.05, 4.69) is 30.8 Å². The maximum Gasteiger partial charge on any atom is 0.112 e. The first-order chi connectivity index (χ1) is 8.27. The summed E-state index contributed by atoms with van der Waals surface area (Å²) in [7, 11) is 3.84. The first-order valence-corrected chi connectivity index (χ1v) is 4.95. The van der Waals surface area contributed by atoms with Crippen molar-refractivity contribution in [1.29, 1.82) is 0 Å². The van der Waals surface area contributed by atoms with Crippen molar-refractivity contribution in [2.75, 3.05) is 14.1 Å². The molecule has 2 heterocycles. The van der Waals surface area contributed by atoms with Crippen LogP contribution in [0.25, 0.3) is 11.8 Å². The van der Waals surface area contributed by atoms with Gasteiger partial charge in [-0.05, 0) is 28.6 Å². The van der Waals surface area contributed by atoms with Gasteiger partial charge in [-0.3, -0.25) is 0 Å². The van der Waals surface area contributed by atoms with Crippen molar-refractivity contribution in [1.82, 2.24) is 35.7 Å². The third kappa shape index (κ3) is 2.77. The van der Waals surface area contributed by atoms with Gasteiger partial charge in [0, 0.05) is 14.1 Å². The molecule has 0 atom stereocenters. The summed E-state index contributed by atoms with van der Waals surface area (Å²) >= 11 is 0. The normalized spacial score (nSPS) is 11.3. The van der Waals surface area contributed by atoms with Crippen LogP contribution in [0.3, 0.4) is 0 Å². The molecular formula is C10H11N7. The summed E-state index contributed by atoms with van der Waals surface area (Å²) in [6, 6.07) is 3.55. The molecule has 0 unspecified atom stereocenters. The van der Waals surface area contributed by atoms with E-state index in [1.807, 2.05) is 25.1 Å². The summed E-state index contributed by atoms with van der Waals surface area (Å²) in [6.07, 6.45) is 5.04. The topological polar surface area (TPSA) is 80.6 Å². The molecule has 0 aromatic carbocycles. The third-order valence-corrected chi connectivity index (χ3v) is 2.06. The molecule has 2 aromatic heterocycles. The Morgan fingerprint density at radius 3 is 2.29 bits per heavy atom. The van der Waals surface area contributed by atoms with Gasteiger partial charge < -0.3 is 4.90 Å². The largest absolute Gasteiger partial charge is 0.376 e. The molecule has 0 saturated heterocycles. The fourth-order valence-electron chi connectivity index (χ4n) is 1.28. The van der Waals surface area contributed by atoms with E-state index in [0.29, 0.717) is 5.69 Å². The molecule has 0 saturated carbocycles. The SMILES string of the molecule is CN(C)/C(=C\c1ccnnn1)c1ccnnn1. The van der Waals surface area contributed by atoms with E-state index < -0.39 is 0 Å². The van der Waals surface area contributed by atoms with Crippen LogP contribution in [-0.2, 0) is 0 Å². The van der Waals surface area contributed by atoms with E-state index in [-0.39, 0.29) is 0 Å². The Labute approximate surface area is 98.2 Å². The number of hydrogen-bond donors (Lipinski definition) is 0. The predicted octanol–water partition coefficient (Wildman–Crippen LogP) is 0.116. The van der Waals surface area contributed by atoms with Crippen molar-refractivity contribution in [3.63, 3.8) is 0 Å². The maximum atomic E-state index is 3.96. The summed E-state index contributed by atoms with van der Waals surface area (Å²) in [6.45, 7) is 0. The zero-order valence-corrected chi connectivity index (χ0v) is 9.52. The van der Waals surface area contributed by atoms with Crippen LogP contribution in [0.15, 0.2) is 24.5 Å². The van der Waals surface area contributed by atoms with Gasteiger partial charge in [0.25, 0.3) is 0 Å². The van der Waals surface area contributed by atoms with Crippen molar-refractivity contribution >= 4 is 11.8 Å². The van der Waals surface area contributed by atoms with Gasteiger partial charge in [0.05, 0.1) is 23.8 Å². The number of hydrogen-bond acceptors (Lipinski definition) is 7. The minimum Gasteiger partial charge on any atom is -0.376 e. The Bertz CT molecular complexity index is 495. The Balaban J connectivity index is 2.40. The highest BCUT2D eigenvalue weighted by Crippen LogP contribution is 2.15. The van der Waals surface area contributed by atoms with Crippen molar-refractivity contribution < 1.29 is 0 Å². The second-order valence-corrected chi connectivity index (χ2v) is 3.48. The second-order valence-electron chi connectivity index (χ2n) is 3.48. The molecule has 0 fully saturated rings. The first-order valence-electron chi connectivity index (χ1n) is 4.95. The lowest BCUT2D eigenvalue weighted by Crippen LogP contribution is -2.12. The van der Waals surface area contributed by atoms with E-state index in [0.717, 1.165) is 11.4 Å². The smallest absolute Gasteiger partial charge is 0.112 e. The van der Waals surface area contributed by atoms with Gasteiger partial charge in [-0.15, -0.1) is 20.4 Å². The molecule has 0 aliphatic rings. The molecule has 0 bridgehead atoms. The zero-order valence-electron chi connectivity index (χ0n) is 9.52. The molecule has 0 N–H and O–H groups in total. The van der Waals surface area contributed by atoms with E-state index in [1.165, 1.54) is 0 Å². The minimum atomic E-state index is 0.710. The first kappa shape index (κ1) is 11.1. The van der Waals surface area contributed by atoms with Crippen LogP contribution in [0.2, 0.25) is 0 Å². The van der Waals surface area contributed by atoms with Gasteiger partial charge in [0.15, 0.2) is 0 Å². The second kappa shape index (κ2) is 5.06. The fourth-order valence-corrected chi connectivity index (χ4v) is 1.28. The lowest BCUT2D eigenvalue weighted by molar-refractivity contribution is 0.588. The average Bonchev–Trinajstić information content (AvgIpc) is 2.38. The zero-order chi connectivity index (χ0) is 12.1. The van der Waals surface area contributed by atoms with Crippen LogP contribution in [0.4, 0.5) is 0 Å². The molecule has 0 aliphatic carbocycles. The highest BCUT2D eigenvalue weighted by Gasteiger charge is 2.06. The molecule has 0 aliphatic heterocycles. The fraction of sp³-hybridized carbons (Fsp3) is 0.200. The summed E-state index contributed by atoms with van der Waals surface area (Å²) in [4.78, 5) is 1.92. The van der Waals surface area contributed by atoms with Gasteiger partial charge in [0.2, 0.25) is 0 Å². The van der Waals surface area contributed by atoms with E-state index >= 15 is 0 Å². The van der Waals surface area contributed by atoms with Gasteiger partial charge in [-0.1, -0.05) is 0 Å². The van der Waals surface area contributed by atoms with Crippen LogP contribution in [0.5, 0.6) is 0 Å². The maximum absolute atomic E-state index is 3.96. The number of aromatic nitrogens is 6. The number of rotatable bonds is 3. The van der Waals surface area contributed by atoms with Crippen molar-refractivity contribution in [2.24, 2.45) is 0 Å². The molecule has 2 rings (SSSR count). The summed E-state index contributed by atoms with van der Waals surface area (Å²) in [5.41, 5.74) is 2.31. The molecular weight excluding hydrogens is 218 g/mol. The molecule has 86 valence electrons. The third-order valence-electron chi connectivity index (χ3n) is 2.06. The Morgan fingerprint density at radius 1 is 1.06 bits per heavy atom. The van der Waals surface area contributed by atoms with E-state index in [9.17, 15) is 0 Å². The monoisotopic (exact) mass is 229 g/mol. The van der Waals surface area contributed by atoms with Gasteiger partial charge in [-0.2, -0.15) is 0 Å². The molecule has 0 amide bonds. The standard InChI is InChI=1S/C10H11N7/c1-17(2)10(9-4-6-12-16-14-9)7-8-3-5-11-15-13-8/h3-7H,1-2H3/b10-7-. The summed E-state index contributed by atoms with van der Waals surface area (Å²) in [5, 5.41) is 22.3. The quantitative estimate of drug-likeness (QED) is 0.739. The van der Waals surface area contributed by atoms with Gasteiger partial charge in [-0.25, -0.2) is 0 Å². The van der Waals surface area contributed by atoms with Crippen LogP contribution in [0, 0.1) is 0 Å². The molecule has 17 heavy (non-hydrogen) atoms. The van der Waals surface area contributed by atoms with Gasteiger partial charge >= 0.3 is 0 Å². The lowest BCUT2D eigenvalue weighted by atomic mass is 10.2. The molecule has 7 heteroatoms. The Hall–Kier alpha value is -2.44. The Morgan fingerprint density at radius 2 is 1.76 bits per heavy atom. The van der Waals surface area contributed by atoms with E-state index in [4.69, 9.17) is 0 Å².